The monoisotopic (exact) mass is 264 g/mol. The van der Waals surface area contributed by atoms with Gasteiger partial charge in [-0.2, -0.15) is 0 Å². The SMILES string of the molecule is CC(C)C(CN(C)C)NCc1ccccc1C(=O)O. The van der Waals surface area contributed by atoms with Gasteiger partial charge in [0.15, 0.2) is 0 Å². The highest BCUT2D eigenvalue weighted by Gasteiger charge is 2.15. The molecule has 1 aromatic carbocycles. The normalized spacial score (nSPS) is 12.9. The Hall–Kier alpha value is -1.39. The molecule has 0 fully saturated rings. The molecule has 0 aliphatic carbocycles. The minimum atomic E-state index is -0.869. The zero-order valence-electron chi connectivity index (χ0n) is 12.2. The summed E-state index contributed by atoms with van der Waals surface area (Å²) in [5.74, 6) is -0.370. The summed E-state index contributed by atoms with van der Waals surface area (Å²) in [5.41, 5.74) is 1.21. The van der Waals surface area contributed by atoms with Gasteiger partial charge in [-0.3, -0.25) is 0 Å². The molecule has 0 saturated heterocycles. The highest BCUT2D eigenvalue weighted by Crippen LogP contribution is 2.10. The van der Waals surface area contributed by atoms with Crippen LogP contribution in [0.3, 0.4) is 0 Å². The fourth-order valence-electron chi connectivity index (χ4n) is 2.03. The molecule has 4 heteroatoms. The van der Waals surface area contributed by atoms with Crippen molar-refractivity contribution in [3.8, 4) is 0 Å². The highest BCUT2D eigenvalue weighted by atomic mass is 16.4. The largest absolute Gasteiger partial charge is 0.478 e. The van der Waals surface area contributed by atoms with Crippen LogP contribution in [0.5, 0.6) is 0 Å². The van der Waals surface area contributed by atoms with Crippen LogP contribution in [-0.2, 0) is 6.54 Å². The van der Waals surface area contributed by atoms with Crippen LogP contribution in [-0.4, -0.2) is 42.7 Å². The topological polar surface area (TPSA) is 52.6 Å². The Morgan fingerprint density at radius 2 is 1.95 bits per heavy atom. The second-order valence-corrected chi connectivity index (χ2v) is 5.46. The second-order valence-electron chi connectivity index (χ2n) is 5.46. The van der Waals surface area contributed by atoms with Crippen molar-refractivity contribution in [2.45, 2.75) is 26.4 Å². The third kappa shape index (κ3) is 5.01. The quantitative estimate of drug-likeness (QED) is 0.791. The number of carbonyl (C=O) groups is 1. The van der Waals surface area contributed by atoms with Crippen molar-refractivity contribution in [2.75, 3.05) is 20.6 Å². The Bertz CT molecular complexity index is 416. The predicted octanol–water partition coefficient (Wildman–Crippen LogP) is 2.06. The average Bonchev–Trinajstić information content (AvgIpc) is 2.34. The average molecular weight is 264 g/mol. The summed E-state index contributed by atoms with van der Waals surface area (Å²) >= 11 is 0. The summed E-state index contributed by atoms with van der Waals surface area (Å²) in [7, 11) is 4.09. The first-order valence-electron chi connectivity index (χ1n) is 6.61. The van der Waals surface area contributed by atoms with Crippen LogP contribution < -0.4 is 5.32 Å². The maximum absolute atomic E-state index is 11.1. The third-order valence-corrected chi connectivity index (χ3v) is 3.17. The lowest BCUT2D eigenvalue weighted by Crippen LogP contribution is -2.41. The maximum atomic E-state index is 11.1. The first kappa shape index (κ1) is 15.7. The molecule has 0 bridgehead atoms. The Kier molecular flexibility index (Phi) is 5.99. The van der Waals surface area contributed by atoms with Gasteiger partial charge in [-0.15, -0.1) is 0 Å². The summed E-state index contributed by atoms with van der Waals surface area (Å²) in [5, 5.41) is 12.6. The first-order valence-corrected chi connectivity index (χ1v) is 6.61. The molecular weight excluding hydrogens is 240 g/mol. The molecule has 19 heavy (non-hydrogen) atoms. The van der Waals surface area contributed by atoms with E-state index in [0.29, 0.717) is 24.1 Å². The zero-order chi connectivity index (χ0) is 14.4. The zero-order valence-corrected chi connectivity index (χ0v) is 12.2. The van der Waals surface area contributed by atoms with Gasteiger partial charge in [-0.1, -0.05) is 32.0 Å². The molecule has 1 atom stereocenters. The molecule has 2 N–H and O–H groups in total. The van der Waals surface area contributed by atoms with Crippen LogP contribution in [0.4, 0.5) is 0 Å². The van der Waals surface area contributed by atoms with Crippen LogP contribution in [0.2, 0.25) is 0 Å². The van der Waals surface area contributed by atoms with Crippen molar-refractivity contribution in [1.82, 2.24) is 10.2 Å². The Morgan fingerprint density at radius 3 is 2.47 bits per heavy atom. The van der Waals surface area contributed by atoms with Crippen LogP contribution in [0.1, 0.15) is 29.8 Å². The van der Waals surface area contributed by atoms with Gasteiger partial charge < -0.3 is 15.3 Å². The summed E-state index contributed by atoms with van der Waals surface area (Å²) in [6.45, 7) is 5.86. The van der Waals surface area contributed by atoms with Crippen molar-refractivity contribution < 1.29 is 9.90 Å². The first-order chi connectivity index (χ1) is 8.91. The molecule has 0 heterocycles. The van der Waals surface area contributed by atoms with Crippen LogP contribution in [0.25, 0.3) is 0 Å². The van der Waals surface area contributed by atoms with E-state index in [1.54, 1.807) is 12.1 Å². The fourth-order valence-corrected chi connectivity index (χ4v) is 2.03. The van der Waals surface area contributed by atoms with E-state index < -0.39 is 5.97 Å². The van der Waals surface area contributed by atoms with Crippen LogP contribution in [0, 0.1) is 5.92 Å². The van der Waals surface area contributed by atoms with Gasteiger partial charge in [0.1, 0.15) is 0 Å². The van der Waals surface area contributed by atoms with E-state index in [9.17, 15) is 4.79 Å². The van der Waals surface area contributed by atoms with E-state index in [2.05, 4.69) is 24.1 Å². The number of rotatable bonds is 7. The van der Waals surface area contributed by atoms with Gasteiger partial charge in [-0.05, 0) is 31.6 Å². The molecule has 0 spiro atoms. The lowest BCUT2D eigenvalue weighted by Gasteiger charge is -2.26. The molecular formula is C15H24N2O2. The number of hydrogen-bond acceptors (Lipinski definition) is 3. The molecule has 0 radical (unpaired) electrons. The van der Waals surface area contributed by atoms with E-state index in [-0.39, 0.29) is 0 Å². The second kappa shape index (κ2) is 7.26. The van der Waals surface area contributed by atoms with Gasteiger partial charge in [0, 0.05) is 19.1 Å². The summed E-state index contributed by atoms with van der Waals surface area (Å²) in [6.07, 6.45) is 0. The van der Waals surface area contributed by atoms with Crippen molar-refractivity contribution in [3.63, 3.8) is 0 Å². The minimum absolute atomic E-state index is 0.344. The molecule has 1 aromatic rings. The van der Waals surface area contributed by atoms with E-state index in [1.165, 1.54) is 0 Å². The van der Waals surface area contributed by atoms with E-state index in [0.717, 1.165) is 12.1 Å². The Balaban J connectivity index is 2.71. The summed E-state index contributed by atoms with van der Waals surface area (Å²) < 4.78 is 0. The Labute approximate surface area is 115 Å². The maximum Gasteiger partial charge on any atom is 0.336 e. The summed E-state index contributed by atoms with van der Waals surface area (Å²) in [4.78, 5) is 13.3. The number of carboxylic acid groups (broad SMARTS) is 1. The lowest BCUT2D eigenvalue weighted by molar-refractivity contribution is 0.0695. The standard InChI is InChI=1S/C15H24N2O2/c1-11(2)14(10-17(3)4)16-9-12-7-5-6-8-13(12)15(18)19/h5-8,11,14,16H,9-10H2,1-4H3,(H,18,19). The van der Waals surface area contributed by atoms with Gasteiger partial charge in [-0.25, -0.2) is 4.79 Å². The molecule has 0 saturated carbocycles. The molecule has 0 aliphatic heterocycles. The van der Waals surface area contributed by atoms with Crippen molar-refractivity contribution in [1.29, 1.82) is 0 Å². The number of carboxylic acids is 1. The molecule has 0 aromatic heterocycles. The fraction of sp³-hybridized carbons (Fsp3) is 0.533. The molecule has 1 unspecified atom stereocenters. The van der Waals surface area contributed by atoms with Crippen molar-refractivity contribution in [2.24, 2.45) is 5.92 Å². The number of nitrogens with zero attached hydrogens (tertiary/aromatic N) is 1. The van der Waals surface area contributed by atoms with Gasteiger partial charge in [0.05, 0.1) is 5.56 Å². The third-order valence-electron chi connectivity index (χ3n) is 3.17. The molecule has 0 aliphatic rings. The van der Waals surface area contributed by atoms with E-state index >= 15 is 0 Å². The Morgan fingerprint density at radius 1 is 1.32 bits per heavy atom. The van der Waals surface area contributed by atoms with Crippen molar-refractivity contribution in [3.05, 3.63) is 35.4 Å². The van der Waals surface area contributed by atoms with Gasteiger partial charge >= 0.3 is 5.97 Å². The van der Waals surface area contributed by atoms with Crippen molar-refractivity contribution >= 4 is 5.97 Å². The molecule has 4 nitrogen and oxygen atoms in total. The molecule has 106 valence electrons. The lowest BCUT2D eigenvalue weighted by atomic mass is 10.0. The minimum Gasteiger partial charge on any atom is -0.478 e. The molecule has 1 rings (SSSR count). The number of nitrogens with one attached hydrogen (secondary N) is 1. The van der Waals surface area contributed by atoms with Crippen LogP contribution >= 0.6 is 0 Å². The molecule has 0 amide bonds. The number of likely N-dealkylation sites (N-methyl/N-ethyl adjacent to an activating group) is 1. The number of benzene rings is 1. The van der Waals surface area contributed by atoms with Gasteiger partial charge in [0.25, 0.3) is 0 Å². The summed E-state index contributed by atoms with van der Waals surface area (Å²) in [6, 6.07) is 7.49. The predicted molar refractivity (Wildman–Crippen MR) is 77.4 cm³/mol. The van der Waals surface area contributed by atoms with E-state index in [4.69, 9.17) is 5.11 Å². The highest BCUT2D eigenvalue weighted by molar-refractivity contribution is 5.89. The van der Waals surface area contributed by atoms with Crippen LogP contribution in [0.15, 0.2) is 24.3 Å². The number of hydrogen-bond donors (Lipinski definition) is 2. The van der Waals surface area contributed by atoms with E-state index in [1.807, 2.05) is 26.2 Å². The van der Waals surface area contributed by atoms with Gasteiger partial charge in [0.2, 0.25) is 0 Å². The smallest absolute Gasteiger partial charge is 0.336 e. The number of aromatic carboxylic acids is 1.